The normalized spacial score (nSPS) is 12.5. The summed E-state index contributed by atoms with van der Waals surface area (Å²) < 4.78 is 5.09. The SMILES string of the molecule is CCCC(O)Cc1ccc(C)c(OCO)c1. The first-order valence-corrected chi connectivity index (χ1v) is 5.68. The molecule has 2 N–H and O–H groups in total. The van der Waals surface area contributed by atoms with E-state index in [1.165, 1.54) is 0 Å². The molecule has 16 heavy (non-hydrogen) atoms. The van der Waals surface area contributed by atoms with Gasteiger partial charge in [0.05, 0.1) is 6.10 Å². The minimum Gasteiger partial charge on any atom is -0.467 e. The number of hydrogen-bond donors (Lipinski definition) is 2. The monoisotopic (exact) mass is 224 g/mol. The van der Waals surface area contributed by atoms with Gasteiger partial charge in [0.15, 0.2) is 6.79 Å². The molecule has 0 amide bonds. The van der Waals surface area contributed by atoms with Gasteiger partial charge >= 0.3 is 0 Å². The van der Waals surface area contributed by atoms with E-state index in [2.05, 4.69) is 6.92 Å². The Morgan fingerprint density at radius 2 is 2.12 bits per heavy atom. The summed E-state index contributed by atoms with van der Waals surface area (Å²) >= 11 is 0. The van der Waals surface area contributed by atoms with Gasteiger partial charge in [-0.15, -0.1) is 0 Å². The van der Waals surface area contributed by atoms with Crippen molar-refractivity contribution in [3.05, 3.63) is 29.3 Å². The van der Waals surface area contributed by atoms with Gasteiger partial charge in [0.1, 0.15) is 5.75 Å². The van der Waals surface area contributed by atoms with Crippen LogP contribution in [0.5, 0.6) is 5.75 Å². The van der Waals surface area contributed by atoms with E-state index in [0.717, 1.165) is 24.0 Å². The summed E-state index contributed by atoms with van der Waals surface area (Å²) in [6, 6.07) is 5.81. The molecule has 0 aliphatic heterocycles. The van der Waals surface area contributed by atoms with Gasteiger partial charge in [0, 0.05) is 0 Å². The average molecular weight is 224 g/mol. The van der Waals surface area contributed by atoms with Crippen LogP contribution in [-0.2, 0) is 6.42 Å². The lowest BCUT2D eigenvalue weighted by atomic mass is 10.0. The molecule has 1 unspecified atom stereocenters. The van der Waals surface area contributed by atoms with E-state index in [-0.39, 0.29) is 12.9 Å². The minimum absolute atomic E-state index is 0.297. The fourth-order valence-corrected chi connectivity index (χ4v) is 1.70. The maximum atomic E-state index is 9.70. The summed E-state index contributed by atoms with van der Waals surface area (Å²) in [7, 11) is 0. The number of rotatable bonds is 6. The third-order valence-electron chi connectivity index (χ3n) is 2.57. The molecule has 0 bridgehead atoms. The van der Waals surface area contributed by atoms with Gasteiger partial charge in [-0.05, 0) is 37.0 Å². The van der Waals surface area contributed by atoms with Crippen LogP contribution in [0.4, 0.5) is 0 Å². The van der Waals surface area contributed by atoms with Crippen LogP contribution >= 0.6 is 0 Å². The summed E-state index contributed by atoms with van der Waals surface area (Å²) in [6.45, 7) is 3.66. The largest absolute Gasteiger partial charge is 0.467 e. The molecule has 1 atom stereocenters. The van der Waals surface area contributed by atoms with E-state index in [0.29, 0.717) is 12.2 Å². The zero-order valence-electron chi connectivity index (χ0n) is 9.94. The standard InChI is InChI=1S/C13H20O3/c1-3-4-12(15)7-11-6-5-10(2)13(8-11)16-9-14/h5-6,8,12,14-15H,3-4,7,9H2,1-2H3. The fraction of sp³-hybridized carbons (Fsp3) is 0.538. The highest BCUT2D eigenvalue weighted by Crippen LogP contribution is 2.20. The van der Waals surface area contributed by atoms with Crippen molar-refractivity contribution in [1.82, 2.24) is 0 Å². The van der Waals surface area contributed by atoms with Crippen LogP contribution in [0.1, 0.15) is 30.9 Å². The van der Waals surface area contributed by atoms with E-state index in [1.54, 1.807) is 0 Å². The van der Waals surface area contributed by atoms with E-state index in [9.17, 15) is 5.11 Å². The predicted molar refractivity (Wildman–Crippen MR) is 63.5 cm³/mol. The number of benzene rings is 1. The van der Waals surface area contributed by atoms with Gasteiger partial charge < -0.3 is 14.9 Å². The molecule has 1 aromatic rings. The lowest BCUT2D eigenvalue weighted by Crippen LogP contribution is -2.10. The van der Waals surface area contributed by atoms with Crippen molar-refractivity contribution in [2.75, 3.05) is 6.79 Å². The van der Waals surface area contributed by atoms with Crippen LogP contribution in [0, 0.1) is 6.92 Å². The molecule has 3 heteroatoms. The van der Waals surface area contributed by atoms with Crippen LogP contribution < -0.4 is 4.74 Å². The summed E-state index contributed by atoms with van der Waals surface area (Å²) in [4.78, 5) is 0. The van der Waals surface area contributed by atoms with Crippen molar-refractivity contribution in [3.8, 4) is 5.75 Å². The predicted octanol–water partition coefficient (Wildman–Crippen LogP) is 2.03. The lowest BCUT2D eigenvalue weighted by molar-refractivity contribution is 0.0977. The number of aryl methyl sites for hydroxylation is 1. The average Bonchev–Trinajstić information content (AvgIpc) is 2.24. The maximum absolute atomic E-state index is 9.70. The fourth-order valence-electron chi connectivity index (χ4n) is 1.70. The third kappa shape index (κ3) is 3.83. The Labute approximate surface area is 96.7 Å². The Balaban J connectivity index is 2.70. The summed E-state index contributed by atoms with van der Waals surface area (Å²) in [5, 5.41) is 18.4. The molecule has 0 saturated heterocycles. The minimum atomic E-state index is -0.318. The molecule has 1 rings (SSSR count). The van der Waals surface area contributed by atoms with Crippen LogP contribution in [0.25, 0.3) is 0 Å². The molecule has 3 nitrogen and oxygen atoms in total. The Morgan fingerprint density at radius 3 is 2.75 bits per heavy atom. The van der Waals surface area contributed by atoms with Crippen molar-refractivity contribution in [3.63, 3.8) is 0 Å². The molecule has 0 heterocycles. The van der Waals surface area contributed by atoms with Crippen molar-refractivity contribution in [2.45, 2.75) is 39.2 Å². The zero-order chi connectivity index (χ0) is 12.0. The molecule has 0 spiro atoms. The van der Waals surface area contributed by atoms with Crippen molar-refractivity contribution >= 4 is 0 Å². The Morgan fingerprint density at radius 1 is 1.38 bits per heavy atom. The van der Waals surface area contributed by atoms with E-state index in [4.69, 9.17) is 9.84 Å². The second-order valence-electron chi connectivity index (χ2n) is 4.02. The first kappa shape index (κ1) is 13.0. The summed E-state index contributed by atoms with van der Waals surface area (Å²) in [6.07, 6.45) is 2.13. The second-order valence-corrected chi connectivity index (χ2v) is 4.02. The van der Waals surface area contributed by atoms with E-state index < -0.39 is 0 Å². The number of ether oxygens (including phenoxy) is 1. The van der Waals surface area contributed by atoms with Crippen LogP contribution in [0.2, 0.25) is 0 Å². The Kier molecular flexibility index (Phi) is 5.29. The van der Waals surface area contributed by atoms with Crippen LogP contribution in [-0.4, -0.2) is 23.1 Å². The molecule has 0 fully saturated rings. The number of aliphatic hydroxyl groups is 2. The summed E-state index contributed by atoms with van der Waals surface area (Å²) in [5.74, 6) is 0.684. The molecular formula is C13H20O3. The van der Waals surface area contributed by atoms with Crippen molar-refractivity contribution < 1.29 is 14.9 Å². The van der Waals surface area contributed by atoms with Gasteiger partial charge in [-0.25, -0.2) is 0 Å². The van der Waals surface area contributed by atoms with Crippen LogP contribution in [0.3, 0.4) is 0 Å². The Hall–Kier alpha value is -1.06. The van der Waals surface area contributed by atoms with Gasteiger partial charge in [-0.2, -0.15) is 0 Å². The molecule has 0 aromatic heterocycles. The first-order chi connectivity index (χ1) is 7.67. The smallest absolute Gasteiger partial charge is 0.186 e. The van der Waals surface area contributed by atoms with Crippen molar-refractivity contribution in [1.29, 1.82) is 0 Å². The highest BCUT2D eigenvalue weighted by Gasteiger charge is 2.06. The highest BCUT2D eigenvalue weighted by molar-refractivity contribution is 5.36. The second kappa shape index (κ2) is 6.51. The van der Waals surface area contributed by atoms with Crippen molar-refractivity contribution in [2.24, 2.45) is 0 Å². The number of hydrogen-bond acceptors (Lipinski definition) is 3. The number of aliphatic hydroxyl groups excluding tert-OH is 2. The lowest BCUT2D eigenvalue weighted by Gasteiger charge is -2.12. The molecule has 0 radical (unpaired) electrons. The van der Waals surface area contributed by atoms with E-state index >= 15 is 0 Å². The van der Waals surface area contributed by atoms with Gasteiger partial charge in [0.2, 0.25) is 0 Å². The molecule has 0 saturated carbocycles. The van der Waals surface area contributed by atoms with Gasteiger partial charge in [-0.1, -0.05) is 25.5 Å². The van der Waals surface area contributed by atoms with Crippen LogP contribution in [0.15, 0.2) is 18.2 Å². The summed E-state index contributed by atoms with van der Waals surface area (Å²) in [5.41, 5.74) is 2.03. The van der Waals surface area contributed by atoms with Gasteiger partial charge in [0.25, 0.3) is 0 Å². The molecule has 1 aromatic carbocycles. The van der Waals surface area contributed by atoms with E-state index in [1.807, 2.05) is 25.1 Å². The maximum Gasteiger partial charge on any atom is 0.186 e. The molecule has 0 aliphatic carbocycles. The Bertz CT molecular complexity index is 323. The third-order valence-corrected chi connectivity index (χ3v) is 2.57. The van der Waals surface area contributed by atoms with Gasteiger partial charge in [-0.3, -0.25) is 0 Å². The first-order valence-electron chi connectivity index (χ1n) is 5.68. The highest BCUT2D eigenvalue weighted by atomic mass is 16.6. The molecular weight excluding hydrogens is 204 g/mol. The quantitative estimate of drug-likeness (QED) is 0.727. The topological polar surface area (TPSA) is 49.7 Å². The molecule has 0 aliphatic rings. The molecule has 90 valence electrons. The zero-order valence-corrected chi connectivity index (χ0v) is 9.94.